The van der Waals surface area contributed by atoms with Crippen molar-refractivity contribution in [1.29, 1.82) is 0 Å². The van der Waals surface area contributed by atoms with Gasteiger partial charge in [0.2, 0.25) is 5.91 Å². The molecule has 0 unspecified atom stereocenters. The van der Waals surface area contributed by atoms with Gasteiger partial charge in [0.1, 0.15) is 0 Å². The van der Waals surface area contributed by atoms with Crippen LogP contribution in [-0.2, 0) is 22.5 Å². The summed E-state index contributed by atoms with van der Waals surface area (Å²) in [5, 5.41) is 2.67. The number of carbonyl (C=O) groups is 1. The van der Waals surface area contributed by atoms with Crippen molar-refractivity contribution in [1.82, 2.24) is 14.9 Å². The second-order valence-corrected chi connectivity index (χ2v) is 6.29. The fourth-order valence-electron chi connectivity index (χ4n) is 2.35. The van der Waals surface area contributed by atoms with Crippen LogP contribution in [0.4, 0.5) is 0 Å². The van der Waals surface area contributed by atoms with Crippen molar-refractivity contribution < 1.29 is 13.9 Å². The van der Waals surface area contributed by atoms with E-state index in [9.17, 15) is 4.79 Å². The van der Waals surface area contributed by atoms with Crippen LogP contribution in [0.5, 0.6) is 0 Å². The SMILES string of the molecule is COCCN(Cc1ccccn1)C(=O)Cc1csc(-c2ccco2)n1. The molecule has 0 fully saturated rings. The maximum Gasteiger partial charge on any atom is 0.229 e. The van der Waals surface area contributed by atoms with E-state index < -0.39 is 0 Å². The number of amides is 1. The first kappa shape index (κ1) is 17.3. The molecule has 7 heteroatoms. The van der Waals surface area contributed by atoms with Crippen LogP contribution < -0.4 is 0 Å². The first-order valence-electron chi connectivity index (χ1n) is 7.91. The van der Waals surface area contributed by atoms with E-state index >= 15 is 0 Å². The lowest BCUT2D eigenvalue weighted by Gasteiger charge is -2.21. The summed E-state index contributed by atoms with van der Waals surface area (Å²) in [6.07, 6.45) is 3.58. The van der Waals surface area contributed by atoms with Gasteiger partial charge in [0.05, 0.1) is 37.2 Å². The Bertz CT molecular complexity index is 787. The van der Waals surface area contributed by atoms with Gasteiger partial charge in [-0.1, -0.05) is 6.07 Å². The van der Waals surface area contributed by atoms with Crippen molar-refractivity contribution >= 4 is 17.2 Å². The third-order valence-corrected chi connectivity index (χ3v) is 4.52. The summed E-state index contributed by atoms with van der Waals surface area (Å²) in [6.45, 7) is 1.45. The maximum atomic E-state index is 12.7. The van der Waals surface area contributed by atoms with Gasteiger partial charge in [-0.05, 0) is 24.3 Å². The summed E-state index contributed by atoms with van der Waals surface area (Å²) in [5.41, 5.74) is 1.59. The molecule has 3 rings (SSSR count). The standard InChI is InChI=1S/C18H19N3O3S/c1-23-10-8-21(12-14-5-2-3-7-19-14)17(22)11-15-13-25-18(20-15)16-6-4-9-24-16/h2-7,9,13H,8,10-12H2,1H3. The Hall–Kier alpha value is -2.51. The third-order valence-electron chi connectivity index (χ3n) is 3.61. The number of hydrogen-bond acceptors (Lipinski definition) is 6. The Balaban J connectivity index is 1.67. The molecule has 3 heterocycles. The van der Waals surface area contributed by atoms with E-state index in [1.807, 2.05) is 35.7 Å². The Morgan fingerprint density at radius 2 is 2.20 bits per heavy atom. The average molecular weight is 357 g/mol. The minimum Gasteiger partial charge on any atom is -0.462 e. The lowest BCUT2D eigenvalue weighted by molar-refractivity contribution is -0.131. The van der Waals surface area contributed by atoms with E-state index in [1.54, 1.807) is 24.5 Å². The Morgan fingerprint density at radius 3 is 2.92 bits per heavy atom. The number of furan rings is 1. The highest BCUT2D eigenvalue weighted by Crippen LogP contribution is 2.24. The molecule has 0 aliphatic heterocycles. The van der Waals surface area contributed by atoms with Gasteiger partial charge in [-0.2, -0.15) is 0 Å². The van der Waals surface area contributed by atoms with Crippen LogP contribution in [0.1, 0.15) is 11.4 Å². The highest BCUT2D eigenvalue weighted by Gasteiger charge is 2.17. The van der Waals surface area contributed by atoms with E-state index in [0.29, 0.717) is 25.5 Å². The molecule has 0 radical (unpaired) electrons. The van der Waals surface area contributed by atoms with Crippen molar-refractivity contribution in [3.8, 4) is 10.8 Å². The van der Waals surface area contributed by atoms with Crippen LogP contribution in [0, 0.1) is 0 Å². The quantitative estimate of drug-likeness (QED) is 0.620. The molecule has 0 aliphatic carbocycles. The van der Waals surface area contributed by atoms with Gasteiger partial charge in [-0.3, -0.25) is 9.78 Å². The molecule has 0 saturated carbocycles. The highest BCUT2D eigenvalue weighted by atomic mass is 32.1. The molecule has 0 bridgehead atoms. The second-order valence-electron chi connectivity index (χ2n) is 5.43. The topological polar surface area (TPSA) is 68.5 Å². The smallest absolute Gasteiger partial charge is 0.229 e. The molecule has 3 aromatic heterocycles. The van der Waals surface area contributed by atoms with Crippen LogP contribution in [0.3, 0.4) is 0 Å². The lowest BCUT2D eigenvalue weighted by atomic mass is 10.2. The first-order valence-corrected chi connectivity index (χ1v) is 8.79. The molecule has 0 aliphatic rings. The monoisotopic (exact) mass is 357 g/mol. The van der Waals surface area contributed by atoms with E-state index in [-0.39, 0.29) is 12.3 Å². The Morgan fingerprint density at radius 1 is 1.28 bits per heavy atom. The number of methoxy groups -OCH3 is 1. The number of ether oxygens (including phenoxy) is 1. The summed E-state index contributed by atoms with van der Waals surface area (Å²) >= 11 is 1.47. The summed E-state index contributed by atoms with van der Waals surface area (Å²) in [7, 11) is 1.62. The van der Waals surface area contributed by atoms with E-state index in [0.717, 1.165) is 16.4 Å². The number of pyridine rings is 1. The van der Waals surface area contributed by atoms with E-state index in [1.165, 1.54) is 11.3 Å². The normalized spacial score (nSPS) is 10.8. The van der Waals surface area contributed by atoms with Crippen LogP contribution in [0.15, 0.2) is 52.6 Å². The molecular weight excluding hydrogens is 338 g/mol. The van der Waals surface area contributed by atoms with Crippen LogP contribution >= 0.6 is 11.3 Å². The fraction of sp³-hybridized carbons (Fsp3) is 0.278. The summed E-state index contributed by atoms with van der Waals surface area (Å²) in [6, 6.07) is 9.36. The van der Waals surface area contributed by atoms with Crippen molar-refractivity contribution in [3.63, 3.8) is 0 Å². The summed E-state index contributed by atoms with van der Waals surface area (Å²) in [5.74, 6) is 0.715. The molecule has 0 N–H and O–H groups in total. The number of hydrogen-bond donors (Lipinski definition) is 0. The van der Waals surface area contributed by atoms with Crippen molar-refractivity contribution in [2.75, 3.05) is 20.3 Å². The van der Waals surface area contributed by atoms with Crippen LogP contribution in [-0.4, -0.2) is 41.0 Å². The van der Waals surface area contributed by atoms with Gasteiger partial charge < -0.3 is 14.1 Å². The van der Waals surface area contributed by atoms with Gasteiger partial charge in [-0.25, -0.2) is 4.98 Å². The van der Waals surface area contributed by atoms with Crippen molar-refractivity contribution in [3.05, 3.63) is 59.6 Å². The third kappa shape index (κ3) is 4.74. The van der Waals surface area contributed by atoms with Gasteiger partial charge in [-0.15, -0.1) is 11.3 Å². The van der Waals surface area contributed by atoms with Crippen LogP contribution in [0.2, 0.25) is 0 Å². The minimum absolute atomic E-state index is 0.000928. The lowest BCUT2D eigenvalue weighted by Crippen LogP contribution is -2.34. The zero-order valence-corrected chi connectivity index (χ0v) is 14.7. The molecule has 0 saturated heterocycles. The summed E-state index contributed by atoms with van der Waals surface area (Å²) < 4.78 is 10.5. The largest absolute Gasteiger partial charge is 0.462 e. The zero-order chi connectivity index (χ0) is 17.5. The zero-order valence-electron chi connectivity index (χ0n) is 13.9. The fourth-order valence-corrected chi connectivity index (χ4v) is 3.13. The van der Waals surface area contributed by atoms with Gasteiger partial charge in [0, 0.05) is 25.2 Å². The molecule has 0 atom stereocenters. The average Bonchev–Trinajstić information content (AvgIpc) is 3.31. The minimum atomic E-state index is -0.000928. The predicted octanol–water partition coefficient (Wildman–Crippen LogP) is 3.02. The molecule has 1 amide bonds. The maximum absolute atomic E-state index is 12.7. The molecule has 6 nitrogen and oxygen atoms in total. The molecule has 3 aromatic rings. The van der Waals surface area contributed by atoms with Gasteiger partial charge in [0.25, 0.3) is 0 Å². The number of rotatable bonds is 8. The van der Waals surface area contributed by atoms with E-state index in [2.05, 4.69) is 9.97 Å². The first-order chi connectivity index (χ1) is 12.3. The Labute approximate surface area is 150 Å². The highest BCUT2D eigenvalue weighted by molar-refractivity contribution is 7.13. The van der Waals surface area contributed by atoms with Crippen LogP contribution in [0.25, 0.3) is 10.8 Å². The summed E-state index contributed by atoms with van der Waals surface area (Å²) in [4.78, 5) is 23.2. The predicted molar refractivity (Wildman–Crippen MR) is 95.1 cm³/mol. The van der Waals surface area contributed by atoms with Gasteiger partial charge in [0.15, 0.2) is 10.8 Å². The second kappa shape index (κ2) is 8.55. The number of nitrogens with zero attached hydrogens (tertiary/aromatic N) is 3. The molecular formula is C18H19N3O3S. The molecule has 130 valence electrons. The Kier molecular flexibility index (Phi) is 5.92. The van der Waals surface area contributed by atoms with Gasteiger partial charge >= 0.3 is 0 Å². The van der Waals surface area contributed by atoms with Crippen molar-refractivity contribution in [2.24, 2.45) is 0 Å². The molecule has 25 heavy (non-hydrogen) atoms. The molecule has 0 spiro atoms. The number of thiazole rings is 1. The molecule has 0 aromatic carbocycles. The van der Waals surface area contributed by atoms with E-state index in [4.69, 9.17) is 9.15 Å². The van der Waals surface area contributed by atoms with Crippen molar-refractivity contribution in [2.45, 2.75) is 13.0 Å². The number of aromatic nitrogens is 2. The number of carbonyl (C=O) groups excluding carboxylic acids is 1.